The largest absolute Gasteiger partial charge is 0.497 e. The number of sulfonamides is 1. The summed E-state index contributed by atoms with van der Waals surface area (Å²) >= 11 is 12.3. The number of carbonyl (C=O) groups excluding carboxylic acids is 2. The van der Waals surface area contributed by atoms with Gasteiger partial charge in [-0.3, -0.25) is 13.9 Å². The normalized spacial score (nSPS) is 12.2. The van der Waals surface area contributed by atoms with E-state index in [0.717, 1.165) is 16.1 Å². The fourth-order valence-corrected chi connectivity index (χ4v) is 4.48. The second kappa shape index (κ2) is 11.8. The summed E-state index contributed by atoms with van der Waals surface area (Å²) in [5.41, 5.74) is 0.818. The number of hydrogen-bond acceptors (Lipinski definition) is 5. The lowest BCUT2D eigenvalue weighted by Crippen LogP contribution is -2.52. The standard InChI is InChI=1S/C23H29Cl2N3O5S/c1-15(2)26-23(30)16(3)27(13-17-6-9-19(33-4)10-7-17)22(29)14-28(34(5,31)32)21-12-18(24)8-11-20(21)25/h6-12,15-16H,13-14H2,1-5H3,(H,26,30)/t16-/m1/s1. The van der Waals surface area contributed by atoms with Crippen molar-refractivity contribution in [2.75, 3.05) is 24.2 Å². The van der Waals surface area contributed by atoms with Crippen LogP contribution in [0.15, 0.2) is 42.5 Å². The Hall–Kier alpha value is -2.49. The van der Waals surface area contributed by atoms with Crippen LogP contribution in [-0.2, 0) is 26.2 Å². The number of ether oxygens (including phenoxy) is 1. The van der Waals surface area contributed by atoms with Crippen LogP contribution in [0.3, 0.4) is 0 Å². The molecule has 0 saturated heterocycles. The topological polar surface area (TPSA) is 96.0 Å². The van der Waals surface area contributed by atoms with Gasteiger partial charge in [-0.2, -0.15) is 0 Å². The maximum absolute atomic E-state index is 13.5. The van der Waals surface area contributed by atoms with Gasteiger partial charge in [0.05, 0.1) is 24.1 Å². The number of nitrogens with zero attached hydrogens (tertiary/aromatic N) is 2. The number of nitrogens with one attached hydrogen (secondary N) is 1. The Morgan fingerprint density at radius 1 is 1.06 bits per heavy atom. The molecule has 0 fully saturated rings. The minimum absolute atomic E-state index is 0.0775. The van der Waals surface area contributed by atoms with E-state index < -0.39 is 28.5 Å². The molecule has 186 valence electrons. The molecule has 1 atom stereocenters. The highest BCUT2D eigenvalue weighted by molar-refractivity contribution is 7.92. The molecule has 0 saturated carbocycles. The maximum atomic E-state index is 13.5. The van der Waals surface area contributed by atoms with Gasteiger partial charge in [0.25, 0.3) is 0 Å². The zero-order valence-electron chi connectivity index (χ0n) is 19.7. The predicted molar refractivity (Wildman–Crippen MR) is 135 cm³/mol. The van der Waals surface area contributed by atoms with Crippen molar-refractivity contribution in [2.45, 2.75) is 39.4 Å². The molecule has 11 heteroatoms. The van der Waals surface area contributed by atoms with Crippen LogP contribution in [0.4, 0.5) is 5.69 Å². The van der Waals surface area contributed by atoms with E-state index in [4.69, 9.17) is 27.9 Å². The van der Waals surface area contributed by atoms with Crippen LogP contribution in [0.2, 0.25) is 10.0 Å². The zero-order valence-corrected chi connectivity index (χ0v) is 22.0. The smallest absolute Gasteiger partial charge is 0.244 e. The highest BCUT2D eigenvalue weighted by atomic mass is 35.5. The molecular formula is C23H29Cl2N3O5S. The first-order valence-corrected chi connectivity index (χ1v) is 13.1. The van der Waals surface area contributed by atoms with Crippen molar-refractivity contribution in [3.63, 3.8) is 0 Å². The lowest BCUT2D eigenvalue weighted by molar-refractivity contribution is -0.139. The third-order valence-corrected chi connectivity index (χ3v) is 6.65. The second-order valence-electron chi connectivity index (χ2n) is 8.07. The van der Waals surface area contributed by atoms with Crippen LogP contribution < -0.4 is 14.4 Å². The molecule has 34 heavy (non-hydrogen) atoms. The molecule has 0 spiro atoms. The Kier molecular flexibility index (Phi) is 9.61. The van der Waals surface area contributed by atoms with Gasteiger partial charge in [0.2, 0.25) is 21.8 Å². The van der Waals surface area contributed by atoms with Gasteiger partial charge in [0, 0.05) is 17.6 Å². The molecule has 2 aromatic rings. The summed E-state index contributed by atoms with van der Waals surface area (Å²) in [5.74, 6) is -0.293. The highest BCUT2D eigenvalue weighted by Crippen LogP contribution is 2.31. The Morgan fingerprint density at radius 3 is 2.21 bits per heavy atom. The average Bonchev–Trinajstić information content (AvgIpc) is 2.76. The van der Waals surface area contributed by atoms with E-state index in [1.165, 1.54) is 23.1 Å². The molecule has 2 amide bonds. The fraction of sp³-hybridized carbons (Fsp3) is 0.391. The summed E-state index contributed by atoms with van der Waals surface area (Å²) in [6.45, 7) is 4.74. The molecule has 0 bridgehead atoms. The molecule has 0 aliphatic heterocycles. The van der Waals surface area contributed by atoms with Crippen LogP contribution in [0, 0.1) is 0 Å². The predicted octanol–water partition coefficient (Wildman–Crippen LogP) is 3.71. The van der Waals surface area contributed by atoms with E-state index in [9.17, 15) is 18.0 Å². The first-order chi connectivity index (χ1) is 15.8. The molecule has 0 aliphatic rings. The second-order valence-corrected chi connectivity index (χ2v) is 10.8. The number of anilines is 1. The Bertz CT molecular complexity index is 1120. The maximum Gasteiger partial charge on any atom is 0.244 e. The summed E-state index contributed by atoms with van der Waals surface area (Å²) in [4.78, 5) is 27.5. The van der Waals surface area contributed by atoms with Crippen molar-refractivity contribution < 1.29 is 22.7 Å². The van der Waals surface area contributed by atoms with Crippen LogP contribution in [0.1, 0.15) is 26.3 Å². The Balaban J connectivity index is 2.42. The summed E-state index contributed by atoms with van der Waals surface area (Å²) in [6, 6.07) is 10.4. The van der Waals surface area contributed by atoms with E-state index in [1.807, 2.05) is 13.8 Å². The van der Waals surface area contributed by atoms with Crippen molar-refractivity contribution in [3.8, 4) is 5.75 Å². The molecular weight excluding hydrogens is 501 g/mol. The number of rotatable bonds is 10. The molecule has 8 nitrogen and oxygen atoms in total. The summed E-state index contributed by atoms with van der Waals surface area (Å²) in [5, 5.41) is 3.17. The van der Waals surface area contributed by atoms with Crippen molar-refractivity contribution in [2.24, 2.45) is 0 Å². The minimum atomic E-state index is -3.91. The molecule has 0 unspecified atom stereocenters. The minimum Gasteiger partial charge on any atom is -0.497 e. The van der Waals surface area contributed by atoms with Crippen LogP contribution in [-0.4, -0.2) is 57.1 Å². The molecule has 0 heterocycles. The monoisotopic (exact) mass is 529 g/mol. The van der Waals surface area contributed by atoms with Crippen molar-refractivity contribution in [3.05, 3.63) is 58.1 Å². The first-order valence-electron chi connectivity index (χ1n) is 10.5. The van der Waals surface area contributed by atoms with Crippen LogP contribution in [0.25, 0.3) is 0 Å². The number of halogens is 2. The number of carbonyl (C=O) groups is 2. The molecule has 0 aliphatic carbocycles. The van der Waals surface area contributed by atoms with Gasteiger partial charge >= 0.3 is 0 Å². The first kappa shape index (κ1) is 27.8. The summed E-state index contributed by atoms with van der Waals surface area (Å²) in [7, 11) is -2.36. The van der Waals surface area contributed by atoms with E-state index in [-0.39, 0.29) is 34.2 Å². The number of methoxy groups -OCH3 is 1. The number of benzene rings is 2. The van der Waals surface area contributed by atoms with E-state index in [0.29, 0.717) is 5.75 Å². The van der Waals surface area contributed by atoms with Gasteiger partial charge in [-0.05, 0) is 56.7 Å². The van der Waals surface area contributed by atoms with Crippen molar-refractivity contribution >= 4 is 50.7 Å². The van der Waals surface area contributed by atoms with Crippen molar-refractivity contribution in [1.29, 1.82) is 0 Å². The molecule has 2 rings (SSSR count). The van der Waals surface area contributed by atoms with Crippen LogP contribution >= 0.6 is 23.2 Å². The Morgan fingerprint density at radius 2 is 1.68 bits per heavy atom. The Labute approximate surface area is 210 Å². The van der Waals surface area contributed by atoms with Gasteiger partial charge in [-0.15, -0.1) is 0 Å². The van der Waals surface area contributed by atoms with Gasteiger partial charge in [0.1, 0.15) is 18.3 Å². The summed E-state index contributed by atoms with van der Waals surface area (Å²) in [6.07, 6.45) is 0.972. The number of amides is 2. The van der Waals surface area contributed by atoms with Gasteiger partial charge in [0.15, 0.2) is 0 Å². The van der Waals surface area contributed by atoms with Crippen molar-refractivity contribution in [1.82, 2.24) is 10.2 Å². The van der Waals surface area contributed by atoms with Gasteiger partial charge in [-0.1, -0.05) is 35.3 Å². The molecule has 2 aromatic carbocycles. The third-order valence-electron chi connectivity index (χ3n) is 4.97. The molecule has 1 N–H and O–H groups in total. The summed E-state index contributed by atoms with van der Waals surface area (Å²) < 4.78 is 31.2. The fourth-order valence-electron chi connectivity index (χ4n) is 3.19. The van der Waals surface area contributed by atoms with Gasteiger partial charge in [-0.25, -0.2) is 8.42 Å². The molecule has 0 radical (unpaired) electrons. The lowest BCUT2D eigenvalue weighted by Gasteiger charge is -2.32. The van der Waals surface area contributed by atoms with E-state index in [2.05, 4.69) is 5.32 Å². The van der Waals surface area contributed by atoms with Crippen LogP contribution in [0.5, 0.6) is 5.75 Å². The number of hydrogen-bond donors (Lipinski definition) is 1. The quantitative estimate of drug-likeness (QED) is 0.506. The third kappa shape index (κ3) is 7.51. The molecule has 0 aromatic heterocycles. The highest BCUT2D eigenvalue weighted by Gasteiger charge is 2.31. The van der Waals surface area contributed by atoms with E-state index in [1.54, 1.807) is 38.3 Å². The van der Waals surface area contributed by atoms with E-state index >= 15 is 0 Å². The average molecular weight is 530 g/mol. The zero-order chi connectivity index (χ0) is 25.6. The van der Waals surface area contributed by atoms with Gasteiger partial charge < -0.3 is 15.0 Å². The SMILES string of the molecule is COc1ccc(CN(C(=O)CN(c2cc(Cl)ccc2Cl)S(C)(=O)=O)[C@H](C)C(=O)NC(C)C)cc1. The lowest BCUT2D eigenvalue weighted by atomic mass is 10.1.